The summed E-state index contributed by atoms with van der Waals surface area (Å²) in [6, 6.07) is 2.27. The Hall–Kier alpha value is -1.68. The largest absolute Gasteiger partial charge is 0.478 e. The molecule has 128 valence electrons. The Morgan fingerprint density at radius 1 is 1.22 bits per heavy atom. The van der Waals surface area contributed by atoms with Gasteiger partial charge in [-0.2, -0.15) is 17.5 Å². The number of alkyl halides is 3. The van der Waals surface area contributed by atoms with Crippen molar-refractivity contribution in [3.05, 3.63) is 29.6 Å². The fourth-order valence-electron chi connectivity index (χ4n) is 2.40. The third-order valence-corrected chi connectivity index (χ3v) is 5.62. The second-order valence-corrected chi connectivity index (χ2v) is 7.10. The second-order valence-electron chi connectivity index (χ2n) is 5.17. The molecule has 23 heavy (non-hydrogen) atoms. The van der Waals surface area contributed by atoms with Gasteiger partial charge in [0.2, 0.25) is 10.0 Å². The molecule has 1 N–H and O–H groups in total. The average Bonchev–Trinajstić information content (AvgIpc) is 2.46. The van der Waals surface area contributed by atoms with E-state index in [1.807, 2.05) is 0 Å². The minimum absolute atomic E-state index is 0.327. The van der Waals surface area contributed by atoms with Gasteiger partial charge in [0, 0.05) is 13.1 Å². The molecule has 1 fully saturated rings. The van der Waals surface area contributed by atoms with Crippen LogP contribution in [0.4, 0.5) is 17.6 Å². The smallest absolute Gasteiger partial charge is 0.391 e. The lowest BCUT2D eigenvalue weighted by Crippen LogP contribution is -2.42. The highest BCUT2D eigenvalue weighted by atomic mass is 32.2. The fraction of sp³-hybridized carbons (Fsp3) is 0.462. The third kappa shape index (κ3) is 3.63. The maximum atomic E-state index is 13.3. The number of nitrogens with zero attached hydrogens (tertiary/aromatic N) is 1. The minimum Gasteiger partial charge on any atom is -0.478 e. The Morgan fingerprint density at radius 3 is 2.26 bits per heavy atom. The van der Waals surface area contributed by atoms with Crippen LogP contribution in [-0.4, -0.2) is 43.1 Å². The number of benzene rings is 1. The number of rotatable bonds is 3. The molecule has 0 spiro atoms. The number of carbonyl (C=O) groups is 1. The fourth-order valence-corrected chi connectivity index (χ4v) is 3.90. The molecule has 1 aromatic rings. The number of carboxylic acid groups (broad SMARTS) is 1. The predicted octanol–water partition coefficient (Wildman–Crippen LogP) is 2.49. The molecule has 10 heteroatoms. The van der Waals surface area contributed by atoms with Crippen molar-refractivity contribution in [1.82, 2.24) is 4.31 Å². The number of hydrogen-bond acceptors (Lipinski definition) is 3. The summed E-state index contributed by atoms with van der Waals surface area (Å²) in [4.78, 5) is 10.4. The van der Waals surface area contributed by atoms with E-state index >= 15 is 0 Å². The predicted molar refractivity (Wildman–Crippen MR) is 70.9 cm³/mol. The van der Waals surface area contributed by atoms with E-state index in [0.717, 1.165) is 10.4 Å². The van der Waals surface area contributed by atoms with Gasteiger partial charge in [0.15, 0.2) is 0 Å². The van der Waals surface area contributed by atoms with Crippen LogP contribution in [0.2, 0.25) is 0 Å². The molecule has 0 aliphatic carbocycles. The van der Waals surface area contributed by atoms with Crippen LogP contribution in [-0.2, 0) is 10.0 Å². The van der Waals surface area contributed by atoms with E-state index in [2.05, 4.69) is 0 Å². The van der Waals surface area contributed by atoms with Gasteiger partial charge in [-0.15, -0.1) is 0 Å². The summed E-state index contributed by atoms with van der Waals surface area (Å²) in [6.45, 7) is -0.654. The van der Waals surface area contributed by atoms with E-state index in [1.165, 1.54) is 0 Å². The zero-order chi connectivity index (χ0) is 17.4. The molecule has 1 heterocycles. The molecule has 1 aliphatic heterocycles. The number of carboxylic acids is 1. The number of halogens is 4. The number of sulfonamides is 1. The van der Waals surface area contributed by atoms with Gasteiger partial charge in [-0.3, -0.25) is 0 Å². The van der Waals surface area contributed by atoms with Gasteiger partial charge < -0.3 is 5.11 Å². The molecule has 0 saturated carbocycles. The molecule has 0 amide bonds. The zero-order valence-corrected chi connectivity index (χ0v) is 12.5. The molecule has 2 rings (SSSR count). The van der Waals surface area contributed by atoms with Crippen LogP contribution in [0.5, 0.6) is 0 Å². The molecule has 1 saturated heterocycles. The van der Waals surface area contributed by atoms with Gasteiger partial charge in [-0.25, -0.2) is 17.6 Å². The van der Waals surface area contributed by atoms with Crippen molar-refractivity contribution < 1.29 is 35.9 Å². The topological polar surface area (TPSA) is 74.7 Å². The molecular formula is C13H13F4NO4S. The Labute approximate surface area is 129 Å². The van der Waals surface area contributed by atoms with E-state index in [-0.39, 0.29) is 25.9 Å². The Morgan fingerprint density at radius 2 is 1.78 bits per heavy atom. The molecule has 0 radical (unpaired) electrons. The number of aromatic carboxylic acids is 1. The molecular weight excluding hydrogens is 342 g/mol. The van der Waals surface area contributed by atoms with E-state index in [1.54, 1.807) is 0 Å². The van der Waals surface area contributed by atoms with E-state index in [4.69, 9.17) is 5.11 Å². The van der Waals surface area contributed by atoms with Gasteiger partial charge in [-0.1, -0.05) is 0 Å². The van der Waals surface area contributed by atoms with Crippen molar-refractivity contribution >= 4 is 16.0 Å². The summed E-state index contributed by atoms with van der Waals surface area (Å²) in [5.74, 6) is -4.28. The maximum Gasteiger partial charge on any atom is 0.391 e. The molecule has 0 bridgehead atoms. The van der Waals surface area contributed by atoms with E-state index < -0.39 is 44.4 Å². The summed E-state index contributed by atoms with van der Waals surface area (Å²) >= 11 is 0. The van der Waals surface area contributed by atoms with Crippen molar-refractivity contribution in [2.75, 3.05) is 13.1 Å². The van der Waals surface area contributed by atoms with Crippen LogP contribution in [0, 0.1) is 11.7 Å². The minimum atomic E-state index is -4.37. The van der Waals surface area contributed by atoms with Crippen LogP contribution >= 0.6 is 0 Å². The number of hydrogen-bond donors (Lipinski definition) is 1. The summed E-state index contributed by atoms with van der Waals surface area (Å²) < 4.78 is 76.7. The summed E-state index contributed by atoms with van der Waals surface area (Å²) in [6.07, 6.45) is -5.10. The van der Waals surface area contributed by atoms with Crippen LogP contribution in [0.15, 0.2) is 23.1 Å². The Bertz CT molecular complexity index is 709. The van der Waals surface area contributed by atoms with Gasteiger partial charge in [-0.05, 0) is 31.0 Å². The summed E-state index contributed by atoms with van der Waals surface area (Å²) in [5, 5.41) is 8.82. The highest BCUT2D eigenvalue weighted by molar-refractivity contribution is 7.89. The van der Waals surface area contributed by atoms with Crippen molar-refractivity contribution in [2.24, 2.45) is 5.92 Å². The molecule has 1 aromatic carbocycles. The van der Waals surface area contributed by atoms with Crippen LogP contribution < -0.4 is 0 Å². The average molecular weight is 355 g/mol. The third-order valence-electron chi connectivity index (χ3n) is 3.72. The SMILES string of the molecule is O=C(O)c1cc(S(=O)(=O)N2CCC(C(F)(F)F)CC2)ccc1F. The van der Waals surface area contributed by atoms with Crippen molar-refractivity contribution in [2.45, 2.75) is 23.9 Å². The van der Waals surface area contributed by atoms with Gasteiger partial charge in [0.05, 0.1) is 16.4 Å². The molecule has 5 nitrogen and oxygen atoms in total. The highest BCUT2D eigenvalue weighted by Crippen LogP contribution is 2.35. The van der Waals surface area contributed by atoms with Crippen LogP contribution in [0.1, 0.15) is 23.2 Å². The van der Waals surface area contributed by atoms with Crippen LogP contribution in [0.25, 0.3) is 0 Å². The van der Waals surface area contributed by atoms with Crippen LogP contribution in [0.3, 0.4) is 0 Å². The first-order valence-corrected chi connectivity index (χ1v) is 8.07. The first kappa shape index (κ1) is 17.7. The highest BCUT2D eigenvalue weighted by Gasteiger charge is 2.43. The van der Waals surface area contributed by atoms with E-state index in [9.17, 15) is 30.8 Å². The normalized spacial score (nSPS) is 18.1. The molecule has 0 atom stereocenters. The van der Waals surface area contributed by atoms with Crippen molar-refractivity contribution in [3.63, 3.8) is 0 Å². The van der Waals surface area contributed by atoms with Crippen molar-refractivity contribution in [1.29, 1.82) is 0 Å². The molecule has 0 unspecified atom stereocenters. The Balaban J connectivity index is 2.24. The molecule has 1 aliphatic rings. The van der Waals surface area contributed by atoms with Gasteiger partial charge in [0.25, 0.3) is 0 Å². The maximum absolute atomic E-state index is 13.3. The lowest BCUT2D eigenvalue weighted by atomic mass is 9.98. The number of piperidine rings is 1. The lowest BCUT2D eigenvalue weighted by Gasteiger charge is -2.32. The van der Waals surface area contributed by atoms with E-state index in [0.29, 0.717) is 12.1 Å². The second kappa shape index (κ2) is 6.08. The molecule has 0 aromatic heterocycles. The standard InChI is InChI=1S/C13H13F4NO4S/c14-11-2-1-9(7-10(11)12(19)20)23(21,22)18-5-3-8(4-6-18)13(15,16)17/h1-2,7-8H,3-6H2,(H,19,20). The first-order chi connectivity index (χ1) is 10.5. The lowest BCUT2D eigenvalue weighted by molar-refractivity contribution is -0.182. The summed E-state index contributed by atoms with van der Waals surface area (Å²) in [7, 11) is -4.17. The van der Waals surface area contributed by atoms with Gasteiger partial charge >= 0.3 is 12.1 Å². The van der Waals surface area contributed by atoms with Gasteiger partial charge in [0.1, 0.15) is 5.82 Å². The van der Waals surface area contributed by atoms with Crippen molar-refractivity contribution in [3.8, 4) is 0 Å². The quantitative estimate of drug-likeness (QED) is 0.846. The first-order valence-electron chi connectivity index (χ1n) is 6.63. The monoisotopic (exact) mass is 355 g/mol. The zero-order valence-electron chi connectivity index (χ0n) is 11.7. The Kier molecular flexibility index (Phi) is 4.67. The summed E-state index contributed by atoms with van der Waals surface area (Å²) in [5.41, 5.74) is -0.809.